The maximum Gasteiger partial charge on any atom is 0.0914 e. The number of methoxy groups -OCH3 is 1. The van der Waals surface area contributed by atoms with Crippen LogP contribution in [0.15, 0.2) is 24.3 Å². The van der Waals surface area contributed by atoms with Crippen LogP contribution in [0.1, 0.15) is 43.9 Å². The molecule has 1 aliphatic rings. The van der Waals surface area contributed by atoms with E-state index in [4.69, 9.17) is 4.74 Å². The highest BCUT2D eigenvalue weighted by molar-refractivity contribution is 5.24. The molecule has 1 unspecified atom stereocenters. The van der Waals surface area contributed by atoms with Crippen molar-refractivity contribution in [3.05, 3.63) is 35.4 Å². The Morgan fingerprint density at radius 3 is 2.45 bits per heavy atom. The molecule has 2 rings (SSSR count). The van der Waals surface area contributed by atoms with Crippen molar-refractivity contribution in [3.63, 3.8) is 0 Å². The summed E-state index contributed by atoms with van der Waals surface area (Å²) < 4.78 is 5.25. The molecule has 20 heavy (non-hydrogen) atoms. The molecule has 1 fully saturated rings. The van der Waals surface area contributed by atoms with Gasteiger partial charge in [-0.25, -0.2) is 0 Å². The molecule has 0 bridgehead atoms. The van der Waals surface area contributed by atoms with Gasteiger partial charge in [-0.1, -0.05) is 38.1 Å². The normalized spacial score (nSPS) is 23.6. The third kappa shape index (κ3) is 4.30. The van der Waals surface area contributed by atoms with E-state index in [0.29, 0.717) is 24.6 Å². The van der Waals surface area contributed by atoms with Crippen molar-refractivity contribution in [2.45, 2.75) is 51.4 Å². The lowest BCUT2D eigenvalue weighted by Crippen LogP contribution is -2.46. The smallest absolute Gasteiger partial charge is 0.0914 e. The van der Waals surface area contributed by atoms with Gasteiger partial charge in [0.2, 0.25) is 0 Å². The molecule has 0 spiro atoms. The van der Waals surface area contributed by atoms with Gasteiger partial charge >= 0.3 is 0 Å². The van der Waals surface area contributed by atoms with Gasteiger partial charge in [0.1, 0.15) is 0 Å². The van der Waals surface area contributed by atoms with Gasteiger partial charge in [0, 0.05) is 19.7 Å². The van der Waals surface area contributed by atoms with E-state index >= 15 is 0 Å². The van der Waals surface area contributed by atoms with Crippen LogP contribution in [0.2, 0.25) is 0 Å². The van der Waals surface area contributed by atoms with Crippen molar-refractivity contribution in [2.24, 2.45) is 5.92 Å². The van der Waals surface area contributed by atoms with Gasteiger partial charge in [0.05, 0.1) is 12.2 Å². The van der Waals surface area contributed by atoms with Gasteiger partial charge in [-0.05, 0) is 36.3 Å². The highest BCUT2D eigenvalue weighted by Gasteiger charge is 2.28. The lowest BCUT2D eigenvalue weighted by atomic mass is 9.89. The van der Waals surface area contributed by atoms with Crippen LogP contribution in [0.4, 0.5) is 0 Å². The van der Waals surface area contributed by atoms with E-state index in [0.717, 1.165) is 24.8 Å². The summed E-state index contributed by atoms with van der Waals surface area (Å²) >= 11 is 0. The second-order valence-electron chi connectivity index (χ2n) is 6.29. The van der Waals surface area contributed by atoms with Crippen LogP contribution in [-0.2, 0) is 11.2 Å². The number of benzene rings is 1. The first-order chi connectivity index (χ1) is 9.58. The molecule has 0 amide bonds. The predicted octanol–water partition coefficient (Wildman–Crippen LogP) is 2.69. The van der Waals surface area contributed by atoms with E-state index in [-0.39, 0.29) is 0 Å². The Morgan fingerprint density at radius 1 is 1.25 bits per heavy atom. The first kappa shape index (κ1) is 15.5. The molecule has 1 atom stereocenters. The molecule has 0 aliphatic heterocycles. The topological polar surface area (TPSA) is 41.5 Å². The van der Waals surface area contributed by atoms with Gasteiger partial charge in [-0.3, -0.25) is 0 Å². The zero-order valence-electron chi connectivity index (χ0n) is 12.8. The molecule has 1 aromatic rings. The summed E-state index contributed by atoms with van der Waals surface area (Å²) in [6.45, 7) is 5.06. The van der Waals surface area contributed by atoms with Crippen molar-refractivity contribution < 1.29 is 9.84 Å². The third-order valence-corrected chi connectivity index (χ3v) is 4.04. The van der Waals surface area contributed by atoms with Crippen LogP contribution < -0.4 is 5.32 Å². The summed E-state index contributed by atoms with van der Waals surface area (Å²) in [5, 5.41) is 13.6. The molecule has 112 valence electrons. The minimum atomic E-state index is -0.426. The molecule has 1 saturated carbocycles. The Bertz CT molecular complexity index is 396. The largest absolute Gasteiger partial charge is 0.387 e. The molecule has 2 N–H and O–H groups in total. The number of hydrogen-bond acceptors (Lipinski definition) is 3. The maximum atomic E-state index is 10.2. The summed E-state index contributed by atoms with van der Waals surface area (Å²) in [4.78, 5) is 0. The Balaban J connectivity index is 1.76. The minimum absolute atomic E-state index is 0.403. The lowest BCUT2D eigenvalue weighted by Gasteiger charge is -2.35. The van der Waals surface area contributed by atoms with Crippen molar-refractivity contribution >= 4 is 0 Å². The summed E-state index contributed by atoms with van der Waals surface area (Å²) in [5.41, 5.74) is 2.33. The number of ether oxygens (including phenoxy) is 1. The van der Waals surface area contributed by atoms with Crippen molar-refractivity contribution in [3.8, 4) is 0 Å². The average molecular weight is 277 g/mol. The second kappa shape index (κ2) is 7.21. The van der Waals surface area contributed by atoms with Crippen LogP contribution in [-0.4, -0.2) is 30.9 Å². The van der Waals surface area contributed by atoms with E-state index in [2.05, 4.69) is 31.3 Å². The molecule has 0 heterocycles. The summed E-state index contributed by atoms with van der Waals surface area (Å²) in [6, 6.07) is 8.84. The van der Waals surface area contributed by atoms with Gasteiger partial charge in [-0.15, -0.1) is 0 Å². The van der Waals surface area contributed by atoms with Crippen LogP contribution >= 0.6 is 0 Å². The number of aliphatic hydroxyl groups is 1. The average Bonchev–Trinajstić information content (AvgIpc) is 2.37. The molecule has 0 saturated heterocycles. The quantitative estimate of drug-likeness (QED) is 0.805. The monoisotopic (exact) mass is 277 g/mol. The zero-order chi connectivity index (χ0) is 14.5. The van der Waals surface area contributed by atoms with Crippen molar-refractivity contribution in [1.82, 2.24) is 5.32 Å². The first-order valence-electron chi connectivity index (χ1n) is 7.61. The maximum absolute atomic E-state index is 10.2. The molecular formula is C17H27NO2. The van der Waals surface area contributed by atoms with E-state index in [1.54, 1.807) is 7.11 Å². The number of hydrogen-bond donors (Lipinski definition) is 2. The molecule has 1 aromatic carbocycles. The summed E-state index contributed by atoms with van der Waals surface area (Å²) in [7, 11) is 1.76. The first-order valence-corrected chi connectivity index (χ1v) is 7.61. The Hall–Kier alpha value is -0.900. The zero-order valence-corrected chi connectivity index (χ0v) is 12.8. The Morgan fingerprint density at radius 2 is 1.90 bits per heavy atom. The molecular weight excluding hydrogens is 250 g/mol. The standard InChI is InChI=1S/C17H27NO2/c1-12(2)8-13-4-6-14(7-5-13)17(19)11-18-15-9-16(10-15)20-3/h4-7,12,15-19H,8-11H2,1-3H3. The predicted molar refractivity (Wildman–Crippen MR) is 81.8 cm³/mol. The van der Waals surface area contributed by atoms with Crippen LogP contribution in [0.3, 0.4) is 0 Å². The molecule has 3 nitrogen and oxygen atoms in total. The highest BCUT2D eigenvalue weighted by atomic mass is 16.5. The molecule has 3 heteroatoms. The Kier molecular flexibility index (Phi) is 5.58. The van der Waals surface area contributed by atoms with Gasteiger partial charge in [-0.2, -0.15) is 0 Å². The fraction of sp³-hybridized carbons (Fsp3) is 0.647. The molecule has 0 radical (unpaired) electrons. The number of nitrogens with one attached hydrogen (secondary N) is 1. The van der Waals surface area contributed by atoms with Gasteiger partial charge in [0.25, 0.3) is 0 Å². The second-order valence-corrected chi connectivity index (χ2v) is 6.29. The van der Waals surface area contributed by atoms with Gasteiger partial charge < -0.3 is 15.2 Å². The number of rotatable bonds is 7. The minimum Gasteiger partial charge on any atom is -0.387 e. The van der Waals surface area contributed by atoms with Crippen LogP contribution in [0.25, 0.3) is 0 Å². The fourth-order valence-electron chi connectivity index (χ4n) is 2.67. The van der Waals surface area contributed by atoms with Gasteiger partial charge in [0.15, 0.2) is 0 Å². The SMILES string of the molecule is COC1CC(NCC(O)c2ccc(CC(C)C)cc2)C1. The van der Waals surface area contributed by atoms with Crippen LogP contribution in [0, 0.1) is 5.92 Å². The summed E-state index contributed by atoms with van der Waals surface area (Å²) in [5.74, 6) is 0.666. The Labute approximate surface area is 122 Å². The van der Waals surface area contributed by atoms with Crippen molar-refractivity contribution in [1.29, 1.82) is 0 Å². The molecule has 0 aromatic heterocycles. The fourth-order valence-corrected chi connectivity index (χ4v) is 2.67. The van der Waals surface area contributed by atoms with E-state index in [1.807, 2.05) is 12.1 Å². The number of aliphatic hydroxyl groups excluding tert-OH is 1. The summed E-state index contributed by atoms with van der Waals surface area (Å²) in [6.07, 6.45) is 3.17. The third-order valence-electron chi connectivity index (χ3n) is 4.04. The van der Waals surface area contributed by atoms with Crippen molar-refractivity contribution in [2.75, 3.05) is 13.7 Å². The van der Waals surface area contributed by atoms with E-state index in [9.17, 15) is 5.11 Å². The van der Waals surface area contributed by atoms with Crippen LogP contribution in [0.5, 0.6) is 0 Å². The highest BCUT2D eigenvalue weighted by Crippen LogP contribution is 2.23. The van der Waals surface area contributed by atoms with E-state index in [1.165, 1.54) is 5.56 Å². The lowest BCUT2D eigenvalue weighted by molar-refractivity contribution is 0.0137. The molecule has 1 aliphatic carbocycles. The van der Waals surface area contributed by atoms with E-state index < -0.39 is 6.10 Å².